The van der Waals surface area contributed by atoms with Gasteiger partial charge in [-0.05, 0) is 37.1 Å². The van der Waals surface area contributed by atoms with Gasteiger partial charge in [0.25, 0.3) is 0 Å². The number of nitrogens with zero attached hydrogens (tertiary/aromatic N) is 3. The van der Waals surface area contributed by atoms with E-state index in [0.29, 0.717) is 13.2 Å². The Kier molecular flexibility index (Phi) is 7.62. The molecule has 6 nitrogen and oxygen atoms in total. The lowest BCUT2D eigenvalue weighted by molar-refractivity contribution is 0.122. The van der Waals surface area contributed by atoms with Gasteiger partial charge in [0.15, 0.2) is 0 Å². The standard InChI is InChI=1S/C27H35N3O3S/c1-2-3-4-5-6-7-20-18-23-27(25(26(20)31)30-12-16-33-17-13-30)34-24-19-21(8-9-22(24)28-23)29-10-14-32-15-11-29/h8-9,18-19H,2-7,10-17H2,1H3. The third-order valence-electron chi connectivity index (χ3n) is 6.91. The molecule has 3 aliphatic heterocycles. The van der Waals surface area contributed by atoms with E-state index in [1.54, 1.807) is 11.3 Å². The van der Waals surface area contributed by atoms with Crippen molar-refractivity contribution in [3.63, 3.8) is 0 Å². The van der Waals surface area contributed by atoms with Crippen molar-refractivity contribution < 1.29 is 9.47 Å². The second-order valence-electron chi connectivity index (χ2n) is 9.29. The highest BCUT2D eigenvalue weighted by molar-refractivity contribution is 7.22. The quantitative estimate of drug-likeness (QED) is 0.335. The van der Waals surface area contributed by atoms with Crippen LogP contribution in [0.4, 0.5) is 11.4 Å². The van der Waals surface area contributed by atoms with Crippen LogP contribution < -0.4 is 15.2 Å². The fourth-order valence-electron chi connectivity index (χ4n) is 4.97. The molecular weight excluding hydrogens is 446 g/mol. The number of morpholine rings is 2. The summed E-state index contributed by atoms with van der Waals surface area (Å²) >= 11 is 1.70. The van der Waals surface area contributed by atoms with Crippen LogP contribution in [0.1, 0.15) is 44.6 Å². The van der Waals surface area contributed by atoms with Gasteiger partial charge >= 0.3 is 0 Å². The van der Waals surface area contributed by atoms with E-state index in [2.05, 4.69) is 41.0 Å². The smallest absolute Gasteiger partial charge is 0.206 e. The van der Waals surface area contributed by atoms with Gasteiger partial charge in [-0.3, -0.25) is 4.79 Å². The van der Waals surface area contributed by atoms with Crippen molar-refractivity contribution in [2.75, 3.05) is 62.4 Å². The topological polar surface area (TPSA) is 54.9 Å². The molecule has 1 aliphatic carbocycles. The van der Waals surface area contributed by atoms with Crippen molar-refractivity contribution >= 4 is 32.9 Å². The molecule has 3 heterocycles. The van der Waals surface area contributed by atoms with E-state index < -0.39 is 0 Å². The Morgan fingerprint density at radius 3 is 2.35 bits per heavy atom. The van der Waals surface area contributed by atoms with Gasteiger partial charge < -0.3 is 19.3 Å². The molecule has 4 aliphatic rings. The maximum absolute atomic E-state index is 13.7. The van der Waals surface area contributed by atoms with Crippen LogP contribution in [-0.2, 0) is 15.9 Å². The van der Waals surface area contributed by atoms with E-state index >= 15 is 0 Å². The summed E-state index contributed by atoms with van der Waals surface area (Å²) in [4.78, 5) is 24.4. The summed E-state index contributed by atoms with van der Waals surface area (Å²) in [7, 11) is 0. The number of hydrogen-bond donors (Lipinski definition) is 0. The summed E-state index contributed by atoms with van der Waals surface area (Å²) in [6, 6.07) is 8.58. The molecular formula is C27H35N3O3S. The largest absolute Gasteiger partial charge is 0.378 e. The molecule has 5 rings (SSSR count). The predicted octanol–water partition coefficient (Wildman–Crippen LogP) is 4.95. The first-order chi connectivity index (χ1) is 16.7. The first-order valence-corrected chi connectivity index (χ1v) is 13.6. The van der Waals surface area contributed by atoms with Crippen LogP contribution in [0.25, 0.3) is 20.8 Å². The molecule has 1 aromatic carbocycles. The van der Waals surface area contributed by atoms with Gasteiger partial charge in [-0.1, -0.05) is 32.6 Å². The summed E-state index contributed by atoms with van der Waals surface area (Å²) in [5.74, 6) is 0. The number of ether oxygens (including phenoxy) is 2. The van der Waals surface area contributed by atoms with Gasteiger partial charge in [0.2, 0.25) is 5.43 Å². The number of unbranched alkanes of at least 4 members (excludes halogenated alkanes) is 4. The molecule has 0 saturated carbocycles. The maximum Gasteiger partial charge on any atom is 0.206 e. The van der Waals surface area contributed by atoms with E-state index in [9.17, 15) is 4.79 Å². The molecule has 0 amide bonds. The first-order valence-electron chi connectivity index (χ1n) is 12.8. The van der Waals surface area contributed by atoms with E-state index in [-0.39, 0.29) is 5.43 Å². The second kappa shape index (κ2) is 11.0. The number of rotatable bonds is 8. The fourth-order valence-corrected chi connectivity index (χ4v) is 6.12. The molecule has 182 valence electrons. The fraction of sp³-hybridized carbons (Fsp3) is 0.556. The molecule has 2 saturated heterocycles. The Hall–Kier alpha value is -2.22. The minimum absolute atomic E-state index is 0.187. The van der Waals surface area contributed by atoms with Crippen LogP contribution in [0.3, 0.4) is 0 Å². The Labute approximate surface area is 205 Å². The normalized spacial score (nSPS) is 17.1. The average Bonchev–Trinajstić information content (AvgIpc) is 2.88. The highest BCUT2D eigenvalue weighted by Crippen LogP contribution is 2.38. The predicted molar refractivity (Wildman–Crippen MR) is 141 cm³/mol. The molecule has 34 heavy (non-hydrogen) atoms. The highest BCUT2D eigenvalue weighted by atomic mass is 32.1. The van der Waals surface area contributed by atoms with Crippen molar-refractivity contribution in [1.29, 1.82) is 0 Å². The molecule has 0 bridgehead atoms. The molecule has 0 spiro atoms. The maximum atomic E-state index is 13.7. The zero-order valence-corrected chi connectivity index (χ0v) is 21.0. The van der Waals surface area contributed by atoms with Crippen LogP contribution in [0.2, 0.25) is 0 Å². The average molecular weight is 482 g/mol. The van der Waals surface area contributed by atoms with Gasteiger partial charge in [-0.2, -0.15) is 0 Å². The number of anilines is 2. The summed E-state index contributed by atoms with van der Waals surface area (Å²) < 4.78 is 12.2. The van der Waals surface area contributed by atoms with Crippen LogP contribution in [0.5, 0.6) is 0 Å². The highest BCUT2D eigenvalue weighted by Gasteiger charge is 2.25. The SMILES string of the molecule is CCCCCCCc1cc2nc3ccc(N4CCOCC4)cc3sc-2c(N2CCOCC2)c1=O. The van der Waals surface area contributed by atoms with Crippen LogP contribution in [-0.4, -0.2) is 57.6 Å². The number of benzene rings is 2. The van der Waals surface area contributed by atoms with Gasteiger partial charge in [-0.15, -0.1) is 11.3 Å². The molecule has 1 aromatic rings. The summed E-state index contributed by atoms with van der Waals surface area (Å²) in [5.41, 5.74) is 5.07. The zero-order valence-electron chi connectivity index (χ0n) is 20.2. The van der Waals surface area contributed by atoms with Crippen LogP contribution in [0, 0.1) is 0 Å². The summed E-state index contributed by atoms with van der Waals surface area (Å²) in [6.07, 6.45) is 6.80. The van der Waals surface area contributed by atoms with Crippen LogP contribution in [0.15, 0.2) is 29.1 Å². The lowest BCUT2D eigenvalue weighted by Crippen LogP contribution is -2.39. The molecule has 7 heteroatoms. The van der Waals surface area contributed by atoms with Gasteiger partial charge in [0.1, 0.15) is 5.69 Å². The third-order valence-corrected chi connectivity index (χ3v) is 8.07. The van der Waals surface area contributed by atoms with Crippen molar-refractivity contribution in [3.05, 3.63) is 40.1 Å². The number of aryl methyl sites for hydroxylation is 1. The minimum atomic E-state index is 0.187. The van der Waals surface area contributed by atoms with E-state index in [0.717, 1.165) is 84.3 Å². The lowest BCUT2D eigenvalue weighted by atomic mass is 10.0. The molecule has 0 radical (unpaired) electrons. The second-order valence-corrected chi connectivity index (χ2v) is 10.3. The van der Waals surface area contributed by atoms with Gasteiger partial charge in [0.05, 0.1) is 47.2 Å². The van der Waals surface area contributed by atoms with Crippen molar-refractivity contribution in [3.8, 4) is 10.6 Å². The Bertz CT molecular complexity index is 1140. The van der Waals surface area contributed by atoms with Crippen LogP contribution >= 0.6 is 11.3 Å². The first kappa shape index (κ1) is 23.5. The monoisotopic (exact) mass is 481 g/mol. The number of aromatic nitrogens is 1. The third kappa shape index (κ3) is 5.07. The minimum Gasteiger partial charge on any atom is -0.378 e. The number of fused-ring (bicyclic) bond motifs is 2. The van der Waals surface area contributed by atoms with Crippen molar-refractivity contribution in [2.45, 2.75) is 45.4 Å². The van der Waals surface area contributed by atoms with Crippen molar-refractivity contribution in [2.24, 2.45) is 0 Å². The zero-order chi connectivity index (χ0) is 23.3. The molecule has 0 aromatic heterocycles. The summed E-state index contributed by atoms with van der Waals surface area (Å²) in [6.45, 7) is 8.40. The Balaban J connectivity index is 1.55. The molecule has 0 atom stereocenters. The van der Waals surface area contributed by atoms with Gasteiger partial charge in [0, 0.05) is 37.4 Å². The number of hydrogen-bond acceptors (Lipinski definition) is 7. The Morgan fingerprint density at radius 1 is 0.912 bits per heavy atom. The van der Waals surface area contributed by atoms with Gasteiger partial charge in [-0.25, -0.2) is 4.98 Å². The van der Waals surface area contributed by atoms with E-state index in [4.69, 9.17) is 14.5 Å². The lowest BCUT2D eigenvalue weighted by Gasteiger charge is -2.31. The molecule has 2 fully saturated rings. The molecule has 0 unspecified atom stereocenters. The molecule has 0 N–H and O–H groups in total. The van der Waals surface area contributed by atoms with Crippen molar-refractivity contribution in [1.82, 2.24) is 4.98 Å². The van der Waals surface area contributed by atoms with E-state index in [1.807, 2.05) is 0 Å². The van der Waals surface area contributed by atoms with E-state index in [1.165, 1.54) is 31.4 Å². The summed E-state index contributed by atoms with van der Waals surface area (Å²) in [5, 5.41) is 0. The Morgan fingerprint density at radius 2 is 1.62 bits per heavy atom.